The molecule has 0 saturated heterocycles. The normalized spacial score (nSPS) is 9.25. The molecule has 0 radical (unpaired) electrons. The third kappa shape index (κ3) is 2.09. The molecule has 0 atom stereocenters. The molecule has 0 bridgehead atoms. The molecule has 3 N–H and O–H groups in total. The van der Waals surface area contributed by atoms with E-state index in [-0.39, 0.29) is 39.9 Å². The zero-order valence-corrected chi connectivity index (χ0v) is 8.52. The Bertz CT molecular complexity index is 282. The Morgan fingerprint density at radius 2 is 2.08 bits per heavy atom. The molecular formula is C7H8BrClFNO. The van der Waals surface area contributed by atoms with Crippen LogP contribution in [0.3, 0.4) is 0 Å². The van der Waals surface area contributed by atoms with Crippen LogP contribution < -0.4 is 5.73 Å². The van der Waals surface area contributed by atoms with E-state index in [1.807, 2.05) is 0 Å². The van der Waals surface area contributed by atoms with Crippen molar-refractivity contribution < 1.29 is 9.50 Å². The highest BCUT2D eigenvalue weighted by atomic mass is 79.9. The molecule has 1 aromatic rings. The maximum atomic E-state index is 12.9. The first-order valence-corrected chi connectivity index (χ1v) is 3.40. The Kier molecular flexibility index (Phi) is 4.52. The van der Waals surface area contributed by atoms with Crippen LogP contribution in [0.5, 0.6) is 5.75 Å². The largest absolute Gasteiger partial charge is 0.508 e. The Labute approximate surface area is 84.9 Å². The van der Waals surface area contributed by atoms with E-state index in [4.69, 9.17) is 22.4 Å². The number of phenols is 1. The minimum Gasteiger partial charge on any atom is -0.508 e. The van der Waals surface area contributed by atoms with Gasteiger partial charge in [-0.05, 0) is 12.1 Å². The van der Waals surface area contributed by atoms with Gasteiger partial charge in [0.2, 0.25) is 0 Å². The number of nitrogens with two attached hydrogens (primary N) is 1. The van der Waals surface area contributed by atoms with E-state index in [9.17, 15) is 4.39 Å². The Morgan fingerprint density at radius 3 is 2.50 bits per heavy atom. The predicted molar refractivity (Wildman–Crippen MR) is 51.3 cm³/mol. The number of benzene rings is 1. The SMILES string of the molecule is Br.NCc1c(O)ccc(Cl)c1F. The van der Waals surface area contributed by atoms with Crippen LogP contribution in [-0.4, -0.2) is 5.11 Å². The highest BCUT2D eigenvalue weighted by molar-refractivity contribution is 8.93. The van der Waals surface area contributed by atoms with Gasteiger partial charge in [0.25, 0.3) is 0 Å². The fourth-order valence-electron chi connectivity index (χ4n) is 0.777. The summed E-state index contributed by atoms with van der Waals surface area (Å²) < 4.78 is 12.9. The van der Waals surface area contributed by atoms with Gasteiger partial charge in [0.1, 0.15) is 11.6 Å². The Hall–Kier alpha value is -0.320. The van der Waals surface area contributed by atoms with E-state index in [2.05, 4.69) is 0 Å². The highest BCUT2D eigenvalue weighted by Gasteiger charge is 2.09. The molecule has 1 rings (SSSR count). The number of halogens is 3. The second kappa shape index (κ2) is 4.64. The van der Waals surface area contributed by atoms with Gasteiger partial charge >= 0.3 is 0 Å². The van der Waals surface area contributed by atoms with Crippen molar-refractivity contribution in [1.82, 2.24) is 0 Å². The lowest BCUT2D eigenvalue weighted by Gasteiger charge is -2.03. The van der Waals surface area contributed by atoms with Gasteiger partial charge in [-0.25, -0.2) is 4.39 Å². The van der Waals surface area contributed by atoms with Crippen molar-refractivity contribution in [3.8, 4) is 5.75 Å². The van der Waals surface area contributed by atoms with Gasteiger partial charge in [0, 0.05) is 12.1 Å². The molecule has 5 heteroatoms. The molecule has 0 amide bonds. The van der Waals surface area contributed by atoms with E-state index < -0.39 is 5.82 Å². The van der Waals surface area contributed by atoms with Crippen LogP contribution in [0.25, 0.3) is 0 Å². The van der Waals surface area contributed by atoms with E-state index in [1.165, 1.54) is 12.1 Å². The lowest BCUT2D eigenvalue weighted by molar-refractivity contribution is 0.459. The summed E-state index contributed by atoms with van der Waals surface area (Å²) in [6.07, 6.45) is 0. The first-order valence-electron chi connectivity index (χ1n) is 3.02. The zero-order chi connectivity index (χ0) is 8.43. The summed E-state index contributed by atoms with van der Waals surface area (Å²) in [4.78, 5) is 0. The van der Waals surface area contributed by atoms with Gasteiger partial charge in [-0.1, -0.05) is 11.6 Å². The number of hydrogen-bond acceptors (Lipinski definition) is 2. The average Bonchev–Trinajstić information content (AvgIpc) is 1.99. The third-order valence-corrected chi connectivity index (χ3v) is 1.67. The Balaban J connectivity index is 0.00000121. The molecule has 12 heavy (non-hydrogen) atoms. The monoisotopic (exact) mass is 255 g/mol. The molecule has 0 fully saturated rings. The first-order chi connectivity index (χ1) is 5.16. The zero-order valence-electron chi connectivity index (χ0n) is 6.05. The minimum atomic E-state index is -0.644. The number of phenolic OH excluding ortho intramolecular Hbond substituents is 1. The molecule has 68 valence electrons. The minimum absolute atomic E-state index is 0. The van der Waals surface area contributed by atoms with Crippen LogP contribution in [0.15, 0.2) is 12.1 Å². The highest BCUT2D eigenvalue weighted by Crippen LogP contribution is 2.25. The summed E-state index contributed by atoms with van der Waals surface area (Å²) in [6.45, 7) is -0.0573. The van der Waals surface area contributed by atoms with Crippen molar-refractivity contribution in [1.29, 1.82) is 0 Å². The summed E-state index contributed by atoms with van der Waals surface area (Å²) in [5, 5.41) is 9.01. The van der Waals surface area contributed by atoms with Crippen LogP contribution in [0.4, 0.5) is 4.39 Å². The second-order valence-electron chi connectivity index (χ2n) is 2.06. The quantitative estimate of drug-likeness (QED) is 0.809. The van der Waals surface area contributed by atoms with Gasteiger partial charge in [0.05, 0.1) is 5.02 Å². The molecule has 0 aliphatic rings. The molecule has 0 unspecified atom stereocenters. The van der Waals surface area contributed by atoms with Crippen molar-refractivity contribution >= 4 is 28.6 Å². The third-order valence-electron chi connectivity index (χ3n) is 1.38. The number of hydrogen-bond donors (Lipinski definition) is 2. The molecule has 1 aromatic carbocycles. The molecule has 0 aliphatic heterocycles. The topological polar surface area (TPSA) is 46.2 Å². The summed E-state index contributed by atoms with van der Waals surface area (Å²) in [5.74, 6) is -0.802. The van der Waals surface area contributed by atoms with Crippen molar-refractivity contribution in [2.24, 2.45) is 5.73 Å². The average molecular weight is 257 g/mol. The summed E-state index contributed by atoms with van der Waals surface area (Å²) in [5.41, 5.74) is 5.21. The van der Waals surface area contributed by atoms with Crippen LogP contribution in [-0.2, 0) is 6.54 Å². The summed E-state index contributed by atoms with van der Waals surface area (Å²) in [6, 6.07) is 2.60. The van der Waals surface area contributed by atoms with Crippen LogP contribution in [0, 0.1) is 5.82 Å². The van der Waals surface area contributed by atoms with Crippen molar-refractivity contribution in [2.75, 3.05) is 0 Å². The number of aromatic hydroxyl groups is 1. The summed E-state index contributed by atoms with van der Waals surface area (Å²) >= 11 is 5.42. The Morgan fingerprint density at radius 1 is 1.50 bits per heavy atom. The van der Waals surface area contributed by atoms with Gasteiger partial charge < -0.3 is 10.8 Å². The number of rotatable bonds is 1. The lowest BCUT2D eigenvalue weighted by Crippen LogP contribution is -2.00. The van der Waals surface area contributed by atoms with E-state index in [0.717, 1.165) is 0 Å². The smallest absolute Gasteiger partial charge is 0.149 e. The van der Waals surface area contributed by atoms with Gasteiger partial charge in [-0.2, -0.15) is 0 Å². The molecular weight excluding hydrogens is 248 g/mol. The predicted octanol–water partition coefficient (Wildman–Crippen LogP) is 2.22. The fourth-order valence-corrected chi connectivity index (χ4v) is 0.954. The molecule has 0 heterocycles. The first kappa shape index (κ1) is 11.7. The van der Waals surface area contributed by atoms with E-state index >= 15 is 0 Å². The van der Waals surface area contributed by atoms with Gasteiger partial charge in [-0.3, -0.25) is 0 Å². The molecule has 0 spiro atoms. The van der Waals surface area contributed by atoms with Crippen molar-refractivity contribution in [3.63, 3.8) is 0 Å². The van der Waals surface area contributed by atoms with Crippen molar-refractivity contribution in [3.05, 3.63) is 28.5 Å². The molecule has 0 saturated carbocycles. The summed E-state index contributed by atoms with van der Waals surface area (Å²) in [7, 11) is 0. The molecule has 2 nitrogen and oxygen atoms in total. The maximum absolute atomic E-state index is 12.9. The van der Waals surface area contributed by atoms with E-state index in [1.54, 1.807) is 0 Å². The van der Waals surface area contributed by atoms with Crippen LogP contribution >= 0.6 is 28.6 Å². The van der Waals surface area contributed by atoms with E-state index in [0.29, 0.717) is 0 Å². The maximum Gasteiger partial charge on any atom is 0.149 e. The standard InChI is InChI=1S/C7H7ClFNO.BrH/c8-5-1-2-6(11)4(3-10)7(5)9;/h1-2,11H,3,10H2;1H. The molecule has 0 aliphatic carbocycles. The van der Waals surface area contributed by atoms with Gasteiger partial charge in [0.15, 0.2) is 0 Å². The van der Waals surface area contributed by atoms with Crippen LogP contribution in [0.2, 0.25) is 5.02 Å². The van der Waals surface area contributed by atoms with Gasteiger partial charge in [-0.15, -0.1) is 17.0 Å². The lowest BCUT2D eigenvalue weighted by atomic mass is 10.2. The van der Waals surface area contributed by atoms with Crippen molar-refractivity contribution in [2.45, 2.75) is 6.54 Å². The second-order valence-corrected chi connectivity index (χ2v) is 2.47. The van der Waals surface area contributed by atoms with Crippen LogP contribution in [0.1, 0.15) is 5.56 Å². The molecule has 0 aromatic heterocycles. The fraction of sp³-hybridized carbons (Fsp3) is 0.143.